The summed E-state index contributed by atoms with van der Waals surface area (Å²) in [5, 5.41) is 11.4. The quantitative estimate of drug-likeness (QED) is 0.297. The number of imide groups is 2. The minimum absolute atomic E-state index is 0.0508. The van der Waals surface area contributed by atoms with Crippen LogP contribution < -0.4 is 10.2 Å². The number of hydrogen-bond donors (Lipinski definition) is 2. The largest absolute Gasteiger partial charge is 0.465 e. The smallest absolute Gasteiger partial charge is 0.407 e. The summed E-state index contributed by atoms with van der Waals surface area (Å²) < 4.78 is 0. The molecule has 5 amide bonds. The van der Waals surface area contributed by atoms with Gasteiger partial charge in [0.25, 0.3) is 11.8 Å². The second-order valence-corrected chi connectivity index (χ2v) is 9.44. The molecule has 36 heavy (non-hydrogen) atoms. The van der Waals surface area contributed by atoms with E-state index in [1.807, 2.05) is 4.90 Å². The highest BCUT2D eigenvalue weighted by Crippen LogP contribution is 2.35. The van der Waals surface area contributed by atoms with E-state index in [0.29, 0.717) is 50.6 Å². The van der Waals surface area contributed by atoms with Gasteiger partial charge >= 0.3 is 6.09 Å². The number of likely N-dealkylation sites (tertiary alicyclic amines) is 1. The number of nitrogens with zero attached hydrogens (tertiary/aromatic N) is 3. The van der Waals surface area contributed by atoms with Crippen molar-refractivity contribution < 1.29 is 33.9 Å². The molecule has 192 valence electrons. The van der Waals surface area contributed by atoms with Crippen molar-refractivity contribution in [2.45, 2.75) is 51.0 Å². The van der Waals surface area contributed by atoms with Gasteiger partial charge in [-0.05, 0) is 50.2 Å². The Hall–Kier alpha value is -3.76. The third-order valence-corrected chi connectivity index (χ3v) is 7.23. The Morgan fingerprint density at radius 1 is 1.08 bits per heavy atom. The Labute approximate surface area is 208 Å². The lowest BCUT2D eigenvalue weighted by Gasteiger charge is -2.33. The molecular weight excluding hydrogens is 468 g/mol. The lowest BCUT2D eigenvalue weighted by atomic mass is 9.93. The van der Waals surface area contributed by atoms with E-state index in [1.54, 1.807) is 18.2 Å². The molecule has 11 heteroatoms. The van der Waals surface area contributed by atoms with Gasteiger partial charge < -0.3 is 19.7 Å². The zero-order chi connectivity index (χ0) is 25.8. The van der Waals surface area contributed by atoms with Crippen LogP contribution in [0, 0.1) is 5.92 Å². The Morgan fingerprint density at radius 2 is 1.83 bits per heavy atom. The maximum atomic E-state index is 13.5. The second kappa shape index (κ2) is 10.9. The average Bonchev–Trinajstić information content (AvgIpc) is 3.12. The van der Waals surface area contributed by atoms with E-state index in [4.69, 9.17) is 0 Å². The number of rotatable bonds is 9. The minimum atomic E-state index is -1.04. The van der Waals surface area contributed by atoms with E-state index < -0.39 is 35.8 Å². The number of piperidine rings is 2. The fraction of sp³-hybridized carbons (Fsp3) is 0.520. The van der Waals surface area contributed by atoms with Crippen LogP contribution in [0.2, 0.25) is 0 Å². The molecule has 0 aliphatic carbocycles. The van der Waals surface area contributed by atoms with Crippen LogP contribution in [0.15, 0.2) is 18.2 Å². The van der Waals surface area contributed by atoms with Gasteiger partial charge in [0.2, 0.25) is 11.8 Å². The molecule has 3 aliphatic heterocycles. The van der Waals surface area contributed by atoms with Gasteiger partial charge in [-0.2, -0.15) is 0 Å². The van der Waals surface area contributed by atoms with Gasteiger partial charge in [0.15, 0.2) is 0 Å². The topological polar surface area (TPSA) is 144 Å². The Morgan fingerprint density at radius 3 is 2.50 bits per heavy atom. The fourth-order valence-electron chi connectivity index (χ4n) is 5.23. The molecule has 0 spiro atoms. The van der Waals surface area contributed by atoms with Crippen molar-refractivity contribution in [3.05, 3.63) is 29.3 Å². The van der Waals surface area contributed by atoms with E-state index in [1.165, 1.54) is 4.90 Å². The molecule has 0 aromatic heterocycles. The molecule has 1 unspecified atom stereocenters. The monoisotopic (exact) mass is 498 g/mol. The number of unbranched alkanes of at least 4 members (excludes halogenated alkanes) is 1. The number of anilines is 1. The summed E-state index contributed by atoms with van der Waals surface area (Å²) in [6.45, 7) is 2.05. The first-order chi connectivity index (χ1) is 17.3. The number of nitrogens with one attached hydrogen (secondary N) is 1. The number of carbonyl (C=O) groups is 6. The molecule has 1 atom stereocenters. The third-order valence-electron chi connectivity index (χ3n) is 7.23. The minimum Gasteiger partial charge on any atom is -0.465 e. The normalized spacial score (nSPS) is 20.4. The summed E-state index contributed by atoms with van der Waals surface area (Å²) in [6.07, 6.45) is 3.28. The van der Waals surface area contributed by atoms with Crippen LogP contribution in [-0.4, -0.2) is 83.1 Å². The lowest BCUT2D eigenvalue weighted by Crippen LogP contribution is -2.54. The number of fused-ring (bicyclic) bond motifs is 1. The van der Waals surface area contributed by atoms with Crippen LogP contribution >= 0.6 is 0 Å². The molecule has 0 saturated carbocycles. The number of benzene rings is 1. The standard InChI is InChI=1S/C25H30N4O7/c30-15-2-1-11-27(12-8-16-9-13-28(14-10-16)25(35)36)18-5-3-4-17-21(18)24(34)29(23(17)33)19-6-7-20(31)26-22(19)32/h3-5,15-16,19H,1-2,6-14H2,(H,35,36)(H,26,31,32). The average molecular weight is 499 g/mol. The Balaban J connectivity index is 1.54. The molecule has 11 nitrogen and oxygen atoms in total. The van der Waals surface area contributed by atoms with Crippen molar-refractivity contribution in [3.63, 3.8) is 0 Å². The third kappa shape index (κ3) is 5.09. The number of amides is 5. The van der Waals surface area contributed by atoms with Crippen LogP contribution in [0.5, 0.6) is 0 Å². The first-order valence-corrected chi connectivity index (χ1v) is 12.3. The number of aldehydes is 1. The molecular formula is C25H30N4O7. The second-order valence-electron chi connectivity index (χ2n) is 9.44. The summed E-state index contributed by atoms with van der Waals surface area (Å²) >= 11 is 0. The van der Waals surface area contributed by atoms with Crippen LogP contribution in [-0.2, 0) is 14.4 Å². The summed E-state index contributed by atoms with van der Waals surface area (Å²) in [4.78, 5) is 77.1. The molecule has 2 N–H and O–H groups in total. The van der Waals surface area contributed by atoms with Crippen molar-refractivity contribution in [2.24, 2.45) is 5.92 Å². The maximum absolute atomic E-state index is 13.5. The van der Waals surface area contributed by atoms with Gasteiger partial charge in [-0.15, -0.1) is 0 Å². The van der Waals surface area contributed by atoms with Crippen LogP contribution in [0.3, 0.4) is 0 Å². The summed E-state index contributed by atoms with van der Waals surface area (Å²) in [5.74, 6) is -1.87. The lowest BCUT2D eigenvalue weighted by molar-refractivity contribution is -0.136. The van der Waals surface area contributed by atoms with Gasteiger partial charge in [0.05, 0.1) is 16.8 Å². The van der Waals surface area contributed by atoms with Crippen molar-refractivity contribution in [3.8, 4) is 0 Å². The first kappa shape index (κ1) is 25.3. The van der Waals surface area contributed by atoms with Crippen LogP contribution in [0.1, 0.15) is 65.7 Å². The van der Waals surface area contributed by atoms with Crippen molar-refractivity contribution >= 4 is 41.7 Å². The molecule has 3 heterocycles. The maximum Gasteiger partial charge on any atom is 0.407 e. The van der Waals surface area contributed by atoms with Crippen molar-refractivity contribution in [1.29, 1.82) is 0 Å². The molecule has 4 rings (SSSR count). The molecule has 0 radical (unpaired) electrons. The molecule has 1 aromatic carbocycles. The van der Waals surface area contributed by atoms with Gasteiger partial charge in [-0.3, -0.25) is 29.4 Å². The Kier molecular flexibility index (Phi) is 7.66. The van der Waals surface area contributed by atoms with E-state index in [9.17, 15) is 33.9 Å². The predicted octanol–water partition coefficient (Wildman–Crippen LogP) is 1.65. The summed E-state index contributed by atoms with van der Waals surface area (Å²) in [7, 11) is 0. The van der Waals surface area contributed by atoms with Gasteiger partial charge in [0.1, 0.15) is 12.3 Å². The van der Waals surface area contributed by atoms with Crippen LogP contribution in [0.4, 0.5) is 10.5 Å². The van der Waals surface area contributed by atoms with Crippen molar-refractivity contribution in [1.82, 2.24) is 15.1 Å². The number of hydrogen-bond acceptors (Lipinski definition) is 7. The van der Waals surface area contributed by atoms with E-state index in [-0.39, 0.29) is 24.0 Å². The molecule has 2 fully saturated rings. The first-order valence-electron chi connectivity index (χ1n) is 12.3. The van der Waals surface area contributed by atoms with Gasteiger partial charge in [0, 0.05) is 39.0 Å². The number of carboxylic acid groups (broad SMARTS) is 1. The zero-order valence-corrected chi connectivity index (χ0v) is 20.0. The molecule has 1 aromatic rings. The highest BCUT2D eigenvalue weighted by molar-refractivity contribution is 6.25. The van der Waals surface area contributed by atoms with E-state index in [0.717, 1.165) is 30.4 Å². The molecule has 3 aliphatic rings. The summed E-state index contributed by atoms with van der Waals surface area (Å²) in [5.41, 5.74) is 1.03. The predicted molar refractivity (Wildman–Crippen MR) is 128 cm³/mol. The van der Waals surface area contributed by atoms with E-state index >= 15 is 0 Å². The van der Waals surface area contributed by atoms with Gasteiger partial charge in [-0.25, -0.2) is 4.79 Å². The molecule has 2 saturated heterocycles. The van der Waals surface area contributed by atoms with E-state index in [2.05, 4.69) is 5.32 Å². The highest BCUT2D eigenvalue weighted by Gasteiger charge is 2.46. The SMILES string of the molecule is O=CCCCN(CCC1CCN(C(=O)O)CC1)c1cccc2c1C(=O)N(C1CCC(=O)NC1=O)C2=O. The zero-order valence-electron chi connectivity index (χ0n) is 20.0. The Bertz CT molecular complexity index is 1080. The number of carbonyl (C=O) groups excluding carboxylic acids is 5. The van der Waals surface area contributed by atoms with Crippen molar-refractivity contribution in [2.75, 3.05) is 31.1 Å². The molecule has 0 bridgehead atoms. The van der Waals surface area contributed by atoms with Gasteiger partial charge in [-0.1, -0.05) is 6.07 Å². The van der Waals surface area contributed by atoms with Crippen LogP contribution in [0.25, 0.3) is 0 Å². The highest BCUT2D eigenvalue weighted by atomic mass is 16.4. The fourth-order valence-corrected chi connectivity index (χ4v) is 5.23. The summed E-state index contributed by atoms with van der Waals surface area (Å²) in [6, 6.07) is 4.00.